The summed E-state index contributed by atoms with van der Waals surface area (Å²) in [5.41, 5.74) is 4.77. The number of rotatable bonds is 10. The maximum absolute atomic E-state index is 12.6. The van der Waals surface area contributed by atoms with Gasteiger partial charge in [-0.15, -0.1) is 0 Å². The molecule has 2 aromatic carbocycles. The van der Waals surface area contributed by atoms with Gasteiger partial charge in [-0.1, -0.05) is 55.0 Å². The van der Waals surface area contributed by atoms with Crippen molar-refractivity contribution in [3.05, 3.63) is 59.7 Å². The lowest BCUT2D eigenvalue weighted by Crippen LogP contribution is -2.47. The fourth-order valence-electron chi connectivity index (χ4n) is 4.92. The Morgan fingerprint density at radius 2 is 1.69 bits per heavy atom. The van der Waals surface area contributed by atoms with Crippen molar-refractivity contribution >= 4 is 29.7 Å². The van der Waals surface area contributed by atoms with Crippen molar-refractivity contribution in [2.24, 2.45) is 0 Å². The van der Waals surface area contributed by atoms with E-state index in [1.54, 1.807) is 16.7 Å². The zero-order valence-electron chi connectivity index (χ0n) is 19.8. The van der Waals surface area contributed by atoms with Crippen molar-refractivity contribution in [2.45, 2.75) is 44.1 Å². The summed E-state index contributed by atoms with van der Waals surface area (Å²) in [5.74, 6) is 0.738. The fraction of sp³-hybridized carbons (Fsp3) is 0.444. The first kappa shape index (κ1) is 25.1. The lowest BCUT2D eigenvalue weighted by Gasteiger charge is -2.34. The SMILES string of the molecule is O=C(O)CC1CSCCN1C(=O)CCCCCNC(=O)OCC1c2ccccc2-c2ccccc21. The number of hydrogen-bond donors (Lipinski definition) is 2. The summed E-state index contributed by atoms with van der Waals surface area (Å²) >= 11 is 1.70. The van der Waals surface area contributed by atoms with Crippen molar-refractivity contribution in [3.63, 3.8) is 0 Å². The summed E-state index contributed by atoms with van der Waals surface area (Å²) in [6.07, 6.45) is 2.27. The van der Waals surface area contributed by atoms with Gasteiger partial charge in [0.1, 0.15) is 6.61 Å². The minimum Gasteiger partial charge on any atom is -0.481 e. The average Bonchev–Trinajstić information content (AvgIpc) is 3.18. The van der Waals surface area contributed by atoms with Gasteiger partial charge in [-0.2, -0.15) is 11.8 Å². The Morgan fingerprint density at radius 1 is 1.00 bits per heavy atom. The molecule has 0 bridgehead atoms. The van der Waals surface area contributed by atoms with Crippen LogP contribution in [0.2, 0.25) is 0 Å². The van der Waals surface area contributed by atoms with E-state index < -0.39 is 12.1 Å². The van der Waals surface area contributed by atoms with Crippen LogP contribution in [0.15, 0.2) is 48.5 Å². The Bertz CT molecular complexity index is 1010. The molecule has 8 heteroatoms. The van der Waals surface area contributed by atoms with Crippen LogP contribution in [0, 0.1) is 0 Å². The number of benzene rings is 2. The number of hydrogen-bond acceptors (Lipinski definition) is 5. The Labute approximate surface area is 210 Å². The van der Waals surface area contributed by atoms with E-state index in [1.807, 2.05) is 24.3 Å². The molecule has 1 saturated heterocycles. The van der Waals surface area contributed by atoms with Gasteiger partial charge < -0.3 is 20.1 Å². The van der Waals surface area contributed by atoms with Gasteiger partial charge in [0.2, 0.25) is 5.91 Å². The van der Waals surface area contributed by atoms with E-state index in [1.165, 1.54) is 22.3 Å². The van der Waals surface area contributed by atoms with Crippen LogP contribution in [-0.2, 0) is 14.3 Å². The molecule has 0 saturated carbocycles. The molecule has 0 spiro atoms. The largest absolute Gasteiger partial charge is 0.481 e. The summed E-state index contributed by atoms with van der Waals surface area (Å²) in [6.45, 7) is 1.40. The number of carboxylic acid groups (broad SMARTS) is 1. The van der Waals surface area contributed by atoms with Crippen LogP contribution in [0.25, 0.3) is 11.1 Å². The predicted molar refractivity (Wildman–Crippen MR) is 137 cm³/mol. The van der Waals surface area contributed by atoms with Gasteiger partial charge in [-0.05, 0) is 35.1 Å². The van der Waals surface area contributed by atoms with Crippen LogP contribution >= 0.6 is 11.8 Å². The number of carbonyl (C=O) groups excluding carboxylic acids is 2. The number of ether oxygens (including phenoxy) is 1. The number of unbranched alkanes of at least 4 members (excludes halogenated alkanes) is 2. The first-order valence-electron chi connectivity index (χ1n) is 12.2. The molecule has 1 fully saturated rings. The predicted octanol–water partition coefficient (Wildman–Crippen LogP) is 4.50. The van der Waals surface area contributed by atoms with Crippen LogP contribution in [-0.4, -0.2) is 65.2 Å². The van der Waals surface area contributed by atoms with Crippen molar-refractivity contribution in [1.29, 1.82) is 0 Å². The monoisotopic (exact) mass is 496 g/mol. The molecule has 1 atom stereocenters. The summed E-state index contributed by atoms with van der Waals surface area (Å²) in [6, 6.07) is 16.3. The summed E-state index contributed by atoms with van der Waals surface area (Å²) < 4.78 is 5.55. The van der Waals surface area contributed by atoms with Crippen LogP contribution in [0.3, 0.4) is 0 Å². The fourth-order valence-corrected chi connectivity index (χ4v) is 5.98. The number of aliphatic carboxylic acids is 1. The van der Waals surface area contributed by atoms with E-state index in [2.05, 4.69) is 29.6 Å². The van der Waals surface area contributed by atoms with Crippen molar-refractivity contribution in [3.8, 4) is 11.1 Å². The van der Waals surface area contributed by atoms with Gasteiger partial charge in [0.15, 0.2) is 0 Å². The molecule has 186 valence electrons. The molecule has 1 unspecified atom stereocenters. The highest BCUT2D eigenvalue weighted by atomic mass is 32.2. The highest BCUT2D eigenvalue weighted by Gasteiger charge is 2.29. The number of fused-ring (bicyclic) bond motifs is 3. The highest BCUT2D eigenvalue weighted by Crippen LogP contribution is 2.44. The number of thioether (sulfide) groups is 1. The Morgan fingerprint density at radius 3 is 2.37 bits per heavy atom. The third-order valence-corrected chi connectivity index (χ3v) is 7.73. The molecule has 7 nitrogen and oxygen atoms in total. The molecule has 35 heavy (non-hydrogen) atoms. The number of carboxylic acids is 1. The second-order valence-corrected chi connectivity index (χ2v) is 10.1. The maximum Gasteiger partial charge on any atom is 0.407 e. The topological polar surface area (TPSA) is 95.9 Å². The van der Waals surface area contributed by atoms with E-state index in [0.29, 0.717) is 38.3 Å². The van der Waals surface area contributed by atoms with E-state index in [9.17, 15) is 14.4 Å². The molecule has 4 rings (SSSR count). The van der Waals surface area contributed by atoms with E-state index in [4.69, 9.17) is 9.84 Å². The first-order valence-corrected chi connectivity index (χ1v) is 13.4. The molecular formula is C27H32N2O5S. The number of nitrogens with zero attached hydrogens (tertiary/aromatic N) is 1. The number of nitrogens with one attached hydrogen (secondary N) is 1. The number of alkyl carbamates (subject to hydrolysis) is 1. The van der Waals surface area contributed by atoms with Gasteiger partial charge in [-0.3, -0.25) is 9.59 Å². The molecule has 2 aliphatic rings. The molecule has 1 heterocycles. The van der Waals surface area contributed by atoms with Gasteiger partial charge in [0, 0.05) is 36.9 Å². The minimum atomic E-state index is -0.866. The van der Waals surface area contributed by atoms with Crippen LogP contribution < -0.4 is 5.32 Å². The zero-order chi connectivity index (χ0) is 24.6. The molecule has 2 amide bonds. The van der Waals surface area contributed by atoms with Crippen LogP contribution in [0.4, 0.5) is 4.79 Å². The summed E-state index contributed by atoms with van der Waals surface area (Å²) in [5, 5.41) is 11.9. The molecule has 2 N–H and O–H groups in total. The van der Waals surface area contributed by atoms with Gasteiger partial charge >= 0.3 is 12.1 Å². The van der Waals surface area contributed by atoms with Crippen LogP contribution in [0.5, 0.6) is 0 Å². The summed E-state index contributed by atoms with van der Waals surface area (Å²) in [7, 11) is 0. The Balaban J connectivity index is 1.14. The van der Waals surface area contributed by atoms with Crippen molar-refractivity contribution in [2.75, 3.05) is 31.2 Å². The number of carbonyl (C=O) groups is 3. The van der Waals surface area contributed by atoms with Crippen molar-refractivity contribution in [1.82, 2.24) is 10.2 Å². The average molecular weight is 497 g/mol. The van der Waals surface area contributed by atoms with Crippen molar-refractivity contribution < 1.29 is 24.2 Å². The van der Waals surface area contributed by atoms with Gasteiger partial charge in [0.25, 0.3) is 0 Å². The van der Waals surface area contributed by atoms with Gasteiger partial charge in [-0.25, -0.2) is 4.79 Å². The maximum atomic E-state index is 12.6. The van der Waals surface area contributed by atoms with E-state index >= 15 is 0 Å². The molecule has 0 radical (unpaired) electrons. The van der Waals surface area contributed by atoms with E-state index in [0.717, 1.165) is 18.6 Å². The quantitative estimate of drug-likeness (QED) is 0.470. The standard InChI is InChI=1S/C27H32N2O5S/c30-25(29-14-15-35-18-19(29)16-26(31)32)12-2-1-7-13-28-27(33)34-17-24-22-10-5-3-8-20(22)21-9-4-6-11-23(21)24/h3-6,8-11,19,24H,1-2,7,12-18H2,(H,28,33)(H,31,32). The molecule has 1 aliphatic carbocycles. The molecule has 1 aliphatic heterocycles. The second kappa shape index (κ2) is 12.1. The van der Waals surface area contributed by atoms with E-state index in [-0.39, 0.29) is 24.3 Å². The normalized spacial score (nSPS) is 16.9. The smallest absolute Gasteiger partial charge is 0.407 e. The molecular weight excluding hydrogens is 464 g/mol. The van der Waals surface area contributed by atoms with Gasteiger partial charge in [0.05, 0.1) is 12.5 Å². The third kappa shape index (κ3) is 6.36. The highest BCUT2D eigenvalue weighted by molar-refractivity contribution is 7.99. The van der Waals surface area contributed by atoms with Crippen LogP contribution in [0.1, 0.15) is 49.1 Å². The lowest BCUT2D eigenvalue weighted by atomic mass is 9.98. The third-order valence-electron chi connectivity index (χ3n) is 6.64. The molecule has 2 aromatic rings. The lowest BCUT2D eigenvalue weighted by molar-refractivity contribution is -0.140. The zero-order valence-corrected chi connectivity index (χ0v) is 20.6. The Kier molecular flexibility index (Phi) is 8.69. The number of amides is 2. The summed E-state index contributed by atoms with van der Waals surface area (Å²) in [4.78, 5) is 37.6. The molecule has 0 aromatic heterocycles. The second-order valence-electron chi connectivity index (χ2n) is 8.98. The minimum absolute atomic E-state index is 0.00278. The first-order chi connectivity index (χ1) is 17.0. The Hall–Kier alpha value is -3.00.